The van der Waals surface area contributed by atoms with Crippen LogP contribution >= 0.6 is 0 Å². The van der Waals surface area contributed by atoms with E-state index in [1.807, 2.05) is 20.8 Å². The molecule has 1 atom stereocenters. The van der Waals surface area contributed by atoms with Gasteiger partial charge in [0.05, 0.1) is 19.7 Å². The SMILES string of the molecule is CCN(CC(=O)OC)C(C)C(=O)NCC(C)C. The van der Waals surface area contributed by atoms with Crippen LogP contribution in [0, 0.1) is 5.92 Å². The van der Waals surface area contributed by atoms with Crippen molar-refractivity contribution in [2.24, 2.45) is 5.92 Å². The third kappa shape index (κ3) is 6.26. The third-order valence-corrected chi connectivity index (χ3v) is 2.58. The number of methoxy groups -OCH3 is 1. The second kappa shape index (κ2) is 8.06. The normalized spacial score (nSPS) is 12.6. The standard InChI is InChI=1S/C12H24N2O3/c1-6-14(8-11(15)17-5)10(4)12(16)13-7-9(2)3/h9-10H,6-8H2,1-5H3,(H,13,16). The summed E-state index contributed by atoms with van der Waals surface area (Å²) in [6.07, 6.45) is 0. The number of likely N-dealkylation sites (N-methyl/N-ethyl adjacent to an activating group) is 1. The number of carbonyl (C=O) groups is 2. The number of ether oxygens (including phenoxy) is 1. The fraction of sp³-hybridized carbons (Fsp3) is 0.833. The van der Waals surface area contributed by atoms with Crippen LogP contribution in [0.4, 0.5) is 0 Å². The quantitative estimate of drug-likeness (QED) is 0.668. The summed E-state index contributed by atoms with van der Waals surface area (Å²) in [4.78, 5) is 24.8. The lowest BCUT2D eigenvalue weighted by atomic mass is 10.2. The fourth-order valence-electron chi connectivity index (χ4n) is 1.37. The van der Waals surface area contributed by atoms with Crippen LogP contribution in [-0.2, 0) is 14.3 Å². The summed E-state index contributed by atoms with van der Waals surface area (Å²) in [6, 6.07) is -0.321. The summed E-state index contributed by atoms with van der Waals surface area (Å²) in [7, 11) is 1.35. The minimum absolute atomic E-state index is 0.0514. The lowest BCUT2D eigenvalue weighted by Crippen LogP contribution is -2.47. The van der Waals surface area contributed by atoms with Crippen molar-refractivity contribution < 1.29 is 14.3 Å². The van der Waals surface area contributed by atoms with Crippen LogP contribution in [0.15, 0.2) is 0 Å². The van der Waals surface area contributed by atoms with Gasteiger partial charge in [0, 0.05) is 6.54 Å². The van der Waals surface area contributed by atoms with Crippen LogP contribution in [0.5, 0.6) is 0 Å². The summed E-state index contributed by atoms with van der Waals surface area (Å²) < 4.78 is 4.60. The Kier molecular flexibility index (Phi) is 7.54. The van der Waals surface area contributed by atoms with Gasteiger partial charge in [-0.2, -0.15) is 0 Å². The molecule has 0 bridgehead atoms. The van der Waals surface area contributed by atoms with Crippen molar-refractivity contribution in [2.45, 2.75) is 33.7 Å². The summed E-state index contributed by atoms with van der Waals surface area (Å²) in [5.41, 5.74) is 0. The van der Waals surface area contributed by atoms with Gasteiger partial charge in [-0.25, -0.2) is 0 Å². The Morgan fingerprint density at radius 1 is 1.29 bits per heavy atom. The Morgan fingerprint density at radius 2 is 1.88 bits per heavy atom. The molecule has 0 rings (SSSR count). The maximum absolute atomic E-state index is 11.8. The summed E-state index contributed by atoms with van der Waals surface area (Å²) in [5, 5.41) is 2.86. The molecule has 17 heavy (non-hydrogen) atoms. The molecular formula is C12H24N2O3. The van der Waals surface area contributed by atoms with E-state index >= 15 is 0 Å². The average Bonchev–Trinajstić information content (AvgIpc) is 2.31. The van der Waals surface area contributed by atoms with Crippen molar-refractivity contribution in [1.82, 2.24) is 10.2 Å². The molecule has 1 unspecified atom stereocenters. The lowest BCUT2D eigenvalue weighted by molar-refractivity contribution is -0.143. The van der Waals surface area contributed by atoms with E-state index in [9.17, 15) is 9.59 Å². The maximum atomic E-state index is 11.8. The largest absolute Gasteiger partial charge is 0.468 e. The molecule has 0 aliphatic carbocycles. The van der Waals surface area contributed by atoms with E-state index in [0.717, 1.165) is 0 Å². The number of nitrogens with one attached hydrogen (secondary N) is 1. The van der Waals surface area contributed by atoms with Crippen molar-refractivity contribution in [3.05, 3.63) is 0 Å². The van der Waals surface area contributed by atoms with Gasteiger partial charge in [0.2, 0.25) is 5.91 Å². The van der Waals surface area contributed by atoms with Crippen molar-refractivity contribution in [3.8, 4) is 0 Å². The first-order valence-corrected chi connectivity index (χ1v) is 6.00. The van der Waals surface area contributed by atoms with Crippen molar-refractivity contribution in [2.75, 3.05) is 26.7 Å². The molecule has 0 aromatic rings. The first kappa shape index (κ1) is 15.9. The Balaban J connectivity index is 4.27. The van der Waals surface area contributed by atoms with Crippen LogP contribution in [0.1, 0.15) is 27.7 Å². The molecule has 0 fully saturated rings. The highest BCUT2D eigenvalue weighted by Crippen LogP contribution is 2.00. The molecule has 5 nitrogen and oxygen atoms in total. The van der Waals surface area contributed by atoms with Gasteiger partial charge in [0.15, 0.2) is 0 Å². The number of carbonyl (C=O) groups excluding carboxylic acids is 2. The van der Waals surface area contributed by atoms with Crippen molar-refractivity contribution in [1.29, 1.82) is 0 Å². The van der Waals surface area contributed by atoms with Crippen molar-refractivity contribution in [3.63, 3.8) is 0 Å². The minimum atomic E-state index is -0.324. The molecule has 0 aromatic carbocycles. The van der Waals surface area contributed by atoms with Gasteiger partial charge in [0.25, 0.3) is 0 Å². The summed E-state index contributed by atoms with van der Waals surface area (Å²) in [5.74, 6) is 0.0432. The van der Waals surface area contributed by atoms with Crippen LogP contribution in [0.25, 0.3) is 0 Å². The zero-order chi connectivity index (χ0) is 13.4. The molecule has 0 spiro atoms. The molecule has 5 heteroatoms. The molecular weight excluding hydrogens is 220 g/mol. The van der Waals surface area contributed by atoms with Gasteiger partial charge in [-0.1, -0.05) is 20.8 Å². The molecule has 0 heterocycles. The van der Waals surface area contributed by atoms with E-state index in [-0.39, 0.29) is 24.5 Å². The molecule has 0 saturated heterocycles. The van der Waals surface area contributed by atoms with Gasteiger partial charge in [-0.15, -0.1) is 0 Å². The van der Waals surface area contributed by atoms with Crippen LogP contribution in [-0.4, -0.2) is 49.6 Å². The van der Waals surface area contributed by atoms with Crippen LogP contribution in [0.2, 0.25) is 0 Å². The molecule has 0 aliphatic heterocycles. The van der Waals surface area contributed by atoms with E-state index in [4.69, 9.17) is 0 Å². The zero-order valence-corrected chi connectivity index (χ0v) is 11.4. The molecule has 1 N–H and O–H groups in total. The Labute approximate surface area is 103 Å². The first-order chi connectivity index (χ1) is 7.92. The number of hydrogen-bond donors (Lipinski definition) is 1. The molecule has 100 valence electrons. The highest BCUT2D eigenvalue weighted by Gasteiger charge is 2.22. The Hall–Kier alpha value is -1.10. The van der Waals surface area contributed by atoms with Gasteiger partial charge in [0.1, 0.15) is 0 Å². The lowest BCUT2D eigenvalue weighted by Gasteiger charge is -2.25. The first-order valence-electron chi connectivity index (χ1n) is 6.00. The maximum Gasteiger partial charge on any atom is 0.319 e. The van der Waals surface area contributed by atoms with Gasteiger partial charge < -0.3 is 10.1 Å². The van der Waals surface area contributed by atoms with E-state index < -0.39 is 0 Å². The minimum Gasteiger partial charge on any atom is -0.468 e. The molecule has 0 radical (unpaired) electrons. The third-order valence-electron chi connectivity index (χ3n) is 2.58. The number of hydrogen-bond acceptors (Lipinski definition) is 4. The molecule has 0 aromatic heterocycles. The predicted molar refractivity (Wildman–Crippen MR) is 66.6 cm³/mol. The molecule has 0 saturated carbocycles. The summed E-state index contributed by atoms with van der Waals surface area (Å²) >= 11 is 0. The molecule has 1 amide bonds. The van der Waals surface area contributed by atoms with E-state index in [1.54, 1.807) is 11.8 Å². The van der Waals surface area contributed by atoms with Gasteiger partial charge in [-0.05, 0) is 19.4 Å². The number of esters is 1. The summed E-state index contributed by atoms with van der Waals surface area (Å²) in [6.45, 7) is 9.21. The van der Waals surface area contributed by atoms with Crippen LogP contribution < -0.4 is 5.32 Å². The zero-order valence-electron chi connectivity index (χ0n) is 11.4. The van der Waals surface area contributed by atoms with Crippen LogP contribution in [0.3, 0.4) is 0 Å². The second-order valence-electron chi connectivity index (χ2n) is 4.45. The predicted octanol–water partition coefficient (Wildman–Crippen LogP) is 0.642. The molecule has 0 aliphatic rings. The van der Waals surface area contributed by atoms with Gasteiger partial charge in [-0.3, -0.25) is 14.5 Å². The van der Waals surface area contributed by atoms with E-state index in [1.165, 1.54) is 7.11 Å². The van der Waals surface area contributed by atoms with Crippen molar-refractivity contribution >= 4 is 11.9 Å². The highest BCUT2D eigenvalue weighted by molar-refractivity contribution is 5.82. The second-order valence-corrected chi connectivity index (χ2v) is 4.45. The van der Waals surface area contributed by atoms with E-state index in [0.29, 0.717) is 19.0 Å². The highest BCUT2D eigenvalue weighted by atomic mass is 16.5. The van der Waals surface area contributed by atoms with E-state index in [2.05, 4.69) is 10.1 Å². The fourth-order valence-corrected chi connectivity index (χ4v) is 1.37. The Bertz CT molecular complexity index is 254. The topological polar surface area (TPSA) is 58.6 Å². The number of rotatable bonds is 7. The monoisotopic (exact) mass is 244 g/mol. The Morgan fingerprint density at radius 3 is 2.29 bits per heavy atom. The number of nitrogens with zero attached hydrogens (tertiary/aromatic N) is 1. The average molecular weight is 244 g/mol. The van der Waals surface area contributed by atoms with Gasteiger partial charge >= 0.3 is 5.97 Å². The smallest absolute Gasteiger partial charge is 0.319 e. The number of amides is 1.